The first-order chi connectivity index (χ1) is 12.3. The Morgan fingerprint density at radius 1 is 1.08 bits per heavy atom. The molecule has 0 saturated heterocycles. The van der Waals surface area contributed by atoms with Crippen molar-refractivity contribution >= 4 is 10.1 Å². The highest BCUT2D eigenvalue weighted by molar-refractivity contribution is 7.85. The number of aromatic nitrogens is 2. The lowest BCUT2D eigenvalue weighted by atomic mass is 10.1. The van der Waals surface area contributed by atoms with Crippen LogP contribution < -0.4 is 4.57 Å². The second-order valence-electron chi connectivity index (χ2n) is 6.29. The van der Waals surface area contributed by atoms with E-state index in [9.17, 15) is 8.42 Å². The van der Waals surface area contributed by atoms with Gasteiger partial charge in [-0.2, -0.15) is 8.42 Å². The first-order valence-electron chi connectivity index (χ1n) is 8.30. The molecule has 1 N–H and O–H groups in total. The first kappa shape index (κ1) is 18.3. The Balaban J connectivity index is 1.72. The van der Waals surface area contributed by atoms with Gasteiger partial charge in [0.2, 0.25) is 5.89 Å². The van der Waals surface area contributed by atoms with Gasteiger partial charge in [-0.05, 0) is 37.1 Å². The van der Waals surface area contributed by atoms with Crippen molar-refractivity contribution in [3.05, 3.63) is 60.0 Å². The molecule has 7 heteroatoms. The summed E-state index contributed by atoms with van der Waals surface area (Å²) in [4.78, 5) is 4.36. The maximum absolute atomic E-state index is 10.7. The molecule has 3 aromatic rings. The smallest absolute Gasteiger partial charge is 0.265 e. The van der Waals surface area contributed by atoms with Crippen molar-refractivity contribution in [2.45, 2.75) is 26.8 Å². The van der Waals surface area contributed by atoms with E-state index in [4.69, 9.17) is 8.97 Å². The fourth-order valence-electron chi connectivity index (χ4n) is 2.62. The highest BCUT2D eigenvalue weighted by Gasteiger charge is 2.12. The molecule has 0 fully saturated rings. The summed E-state index contributed by atoms with van der Waals surface area (Å²) in [6.07, 6.45) is 5.74. The monoisotopic (exact) mass is 373 g/mol. The lowest BCUT2D eigenvalue weighted by molar-refractivity contribution is -0.696. The standard InChI is InChI=1S/C19H20N2O4S/c1-14-4-5-17(12-15(14)2)19-20-13-18(25-19)16-6-9-21(10-7-16)8-3-11-26(22,23)24/h4-7,9-10,12-13H,3,8,11H2,1-2H3/p+1. The van der Waals surface area contributed by atoms with Gasteiger partial charge in [0.1, 0.15) is 6.54 Å². The van der Waals surface area contributed by atoms with E-state index in [1.165, 1.54) is 11.1 Å². The van der Waals surface area contributed by atoms with Crippen LogP contribution in [-0.4, -0.2) is 23.7 Å². The van der Waals surface area contributed by atoms with Gasteiger partial charge in [-0.3, -0.25) is 4.55 Å². The highest BCUT2D eigenvalue weighted by atomic mass is 32.2. The molecule has 26 heavy (non-hydrogen) atoms. The molecule has 1 aromatic carbocycles. The average Bonchev–Trinajstić information content (AvgIpc) is 3.07. The van der Waals surface area contributed by atoms with Crippen LogP contribution in [0, 0.1) is 13.8 Å². The molecule has 0 spiro atoms. The minimum Gasteiger partial charge on any atom is -0.436 e. The van der Waals surface area contributed by atoms with Crippen molar-refractivity contribution in [2.24, 2.45) is 0 Å². The second-order valence-corrected chi connectivity index (χ2v) is 7.87. The van der Waals surface area contributed by atoms with Gasteiger partial charge in [0.25, 0.3) is 10.1 Å². The number of hydrogen-bond acceptors (Lipinski definition) is 4. The Labute approximate surface area is 152 Å². The summed E-state index contributed by atoms with van der Waals surface area (Å²) >= 11 is 0. The molecular weight excluding hydrogens is 352 g/mol. The molecule has 0 aliphatic heterocycles. The lowest BCUT2D eigenvalue weighted by Gasteiger charge is -2.01. The molecule has 0 aliphatic carbocycles. The third kappa shape index (κ3) is 4.56. The fraction of sp³-hybridized carbons (Fsp3) is 0.263. The summed E-state index contributed by atoms with van der Waals surface area (Å²) < 4.78 is 38.0. The first-order valence-corrected chi connectivity index (χ1v) is 9.91. The SMILES string of the molecule is Cc1ccc(-c2ncc(-c3cc[n+](CCCS(=O)(=O)O)cc3)o2)cc1C. The van der Waals surface area contributed by atoms with E-state index in [0.29, 0.717) is 24.6 Å². The number of benzene rings is 1. The van der Waals surface area contributed by atoms with Crippen LogP contribution in [0.25, 0.3) is 22.8 Å². The maximum atomic E-state index is 10.7. The topological polar surface area (TPSA) is 84.3 Å². The van der Waals surface area contributed by atoms with Gasteiger partial charge in [0.15, 0.2) is 18.2 Å². The summed E-state index contributed by atoms with van der Waals surface area (Å²) in [5.74, 6) is 1.000. The van der Waals surface area contributed by atoms with E-state index in [-0.39, 0.29) is 5.75 Å². The Bertz CT molecular complexity index is 1010. The van der Waals surface area contributed by atoms with Crippen LogP contribution in [0.4, 0.5) is 0 Å². The van der Waals surface area contributed by atoms with Gasteiger partial charge in [-0.15, -0.1) is 0 Å². The van der Waals surface area contributed by atoms with Gasteiger partial charge in [-0.1, -0.05) is 6.07 Å². The fourth-order valence-corrected chi connectivity index (χ4v) is 3.11. The molecule has 3 rings (SSSR count). The van der Waals surface area contributed by atoms with Crippen molar-refractivity contribution in [1.82, 2.24) is 4.98 Å². The van der Waals surface area contributed by atoms with Gasteiger partial charge >= 0.3 is 0 Å². The molecule has 0 amide bonds. The predicted octanol–water partition coefficient (Wildman–Crippen LogP) is 3.19. The molecule has 6 nitrogen and oxygen atoms in total. The van der Waals surface area contributed by atoms with Crippen LogP contribution in [0.15, 0.2) is 53.3 Å². The number of nitrogens with zero attached hydrogens (tertiary/aromatic N) is 2. The van der Waals surface area contributed by atoms with Crippen LogP contribution in [-0.2, 0) is 16.7 Å². The van der Waals surface area contributed by atoms with Gasteiger partial charge in [-0.25, -0.2) is 9.55 Å². The molecule has 136 valence electrons. The van der Waals surface area contributed by atoms with Crippen molar-refractivity contribution < 1.29 is 22.0 Å². The molecule has 0 saturated carbocycles. The quantitative estimate of drug-likeness (QED) is 0.530. The Morgan fingerprint density at radius 3 is 2.46 bits per heavy atom. The van der Waals surface area contributed by atoms with Gasteiger partial charge in [0, 0.05) is 29.7 Å². The zero-order chi connectivity index (χ0) is 18.7. The minimum atomic E-state index is -3.91. The molecule has 0 aliphatic rings. The summed E-state index contributed by atoms with van der Waals surface area (Å²) in [7, 11) is -3.91. The summed E-state index contributed by atoms with van der Waals surface area (Å²) in [6, 6.07) is 9.87. The van der Waals surface area contributed by atoms with Crippen molar-refractivity contribution in [1.29, 1.82) is 0 Å². The zero-order valence-electron chi connectivity index (χ0n) is 14.7. The minimum absolute atomic E-state index is 0.247. The Morgan fingerprint density at radius 2 is 1.81 bits per heavy atom. The second kappa shape index (κ2) is 7.39. The van der Waals surface area contributed by atoms with Crippen molar-refractivity contribution in [2.75, 3.05) is 5.75 Å². The van der Waals surface area contributed by atoms with Crippen LogP contribution in [0.3, 0.4) is 0 Å². The van der Waals surface area contributed by atoms with Crippen LogP contribution in [0.5, 0.6) is 0 Å². The number of oxazole rings is 1. The third-order valence-electron chi connectivity index (χ3n) is 4.25. The number of aryl methyl sites for hydroxylation is 3. The highest BCUT2D eigenvalue weighted by Crippen LogP contribution is 2.26. The third-order valence-corrected chi connectivity index (χ3v) is 5.06. The van der Waals surface area contributed by atoms with E-state index < -0.39 is 10.1 Å². The van der Waals surface area contributed by atoms with Crippen molar-refractivity contribution in [3.8, 4) is 22.8 Å². The summed E-state index contributed by atoms with van der Waals surface area (Å²) in [6.45, 7) is 4.63. The molecule has 2 heterocycles. The Kier molecular flexibility index (Phi) is 5.20. The predicted molar refractivity (Wildman–Crippen MR) is 98.1 cm³/mol. The molecule has 0 atom stereocenters. The number of hydrogen-bond donors (Lipinski definition) is 1. The van der Waals surface area contributed by atoms with E-state index >= 15 is 0 Å². The number of rotatable bonds is 6. The van der Waals surface area contributed by atoms with Crippen LogP contribution in [0.2, 0.25) is 0 Å². The normalized spacial score (nSPS) is 11.7. The van der Waals surface area contributed by atoms with Crippen LogP contribution in [0.1, 0.15) is 17.5 Å². The van der Waals surface area contributed by atoms with Gasteiger partial charge in [0.05, 0.1) is 11.9 Å². The van der Waals surface area contributed by atoms with Crippen molar-refractivity contribution in [3.63, 3.8) is 0 Å². The van der Waals surface area contributed by atoms with Crippen LogP contribution >= 0.6 is 0 Å². The number of pyridine rings is 1. The van der Waals surface area contributed by atoms with E-state index in [1.807, 2.05) is 41.2 Å². The van der Waals surface area contributed by atoms with Gasteiger partial charge < -0.3 is 4.42 Å². The molecule has 2 aromatic heterocycles. The Hall–Kier alpha value is -2.51. The largest absolute Gasteiger partial charge is 0.436 e. The molecular formula is C19H21N2O4S+. The van der Waals surface area contributed by atoms with E-state index in [1.54, 1.807) is 6.20 Å². The average molecular weight is 373 g/mol. The molecule has 0 radical (unpaired) electrons. The summed E-state index contributed by atoms with van der Waals surface area (Å²) in [5.41, 5.74) is 4.24. The van der Waals surface area contributed by atoms with E-state index in [0.717, 1.165) is 11.1 Å². The molecule has 0 unspecified atom stereocenters. The molecule has 0 bridgehead atoms. The maximum Gasteiger partial charge on any atom is 0.265 e. The lowest BCUT2D eigenvalue weighted by Crippen LogP contribution is -2.33. The summed E-state index contributed by atoms with van der Waals surface area (Å²) in [5, 5.41) is 0. The zero-order valence-corrected chi connectivity index (χ0v) is 15.5. The van der Waals surface area contributed by atoms with E-state index in [2.05, 4.69) is 24.9 Å².